The van der Waals surface area contributed by atoms with Gasteiger partial charge in [-0.3, -0.25) is 0 Å². The lowest BCUT2D eigenvalue weighted by molar-refractivity contribution is 0.179. The standard InChI is InChI=1S/C14H29NO/c1-11(12-7-5-6-8-12)15-13(10-16)9-14(2,3)4/h11-13,15-16H,5-10H2,1-4H3. The second kappa shape index (κ2) is 6.02. The van der Waals surface area contributed by atoms with E-state index in [1.807, 2.05) is 0 Å². The second-order valence-corrected chi connectivity index (χ2v) is 6.64. The van der Waals surface area contributed by atoms with E-state index >= 15 is 0 Å². The molecule has 0 bridgehead atoms. The third-order valence-corrected chi connectivity index (χ3v) is 3.68. The highest BCUT2D eigenvalue weighted by Gasteiger charge is 2.25. The fraction of sp³-hybridized carbons (Fsp3) is 1.00. The summed E-state index contributed by atoms with van der Waals surface area (Å²) in [6, 6.07) is 0.817. The van der Waals surface area contributed by atoms with Crippen LogP contribution in [0.25, 0.3) is 0 Å². The third kappa shape index (κ3) is 4.84. The van der Waals surface area contributed by atoms with E-state index in [4.69, 9.17) is 0 Å². The Bertz CT molecular complexity index is 191. The minimum Gasteiger partial charge on any atom is -0.395 e. The van der Waals surface area contributed by atoms with Crippen LogP contribution in [0.1, 0.15) is 59.8 Å². The molecule has 1 fully saturated rings. The first-order valence-corrected chi connectivity index (χ1v) is 6.79. The predicted molar refractivity (Wildman–Crippen MR) is 69.5 cm³/mol. The van der Waals surface area contributed by atoms with Crippen LogP contribution in [0.4, 0.5) is 0 Å². The Hall–Kier alpha value is -0.0800. The third-order valence-electron chi connectivity index (χ3n) is 3.68. The summed E-state index contributed by atoms with van der Waals surface area (Å²) in [5, 5.41) is 13.0. The Kier molecular flexibility index (Phi) is 5.26. The van der Waals surface area contributed by atoms with Crippen LogP contribution in [0, 0.1) is 11.3 Å². The second-order valence-electron chi connectivity index (χ2n) is 6.64. The maximum Gasteiger partial charge on any atom is 0.0584 e. The highest BCUT2D eigenvalue weighted by molar-refractivity contribution is 4.82. The molecule has 0 aromatic heterocycles. The van der Waals surface area contributed by atoms with Crippen LogP contribution in [0.2, 0.25) is 0 Å². The zero-order valence-electron chi connectivity index (χ0n) is 11.4. The van der Waals surface area contributed by atoms with Gasteiger partial charge in [0.2, 0.25) is 0 Å². The first-order valence-electron chi connectivity index (χ1n) is 6.79. The van der Waals surface area contributed by atoms with Crippen molar-refractivity contribution >= 4 is 0 Å². The van der Waals surface area contributed by atoms with Gasteiger partial charge >= 0.3 is 0 Å². The first-order chi connectivity index (χ1) is 7.42. The Morgan fingerprint density at radius 3 is 2.25 bits per heavy atom. The fourth-order valence-electron chi connectivity index (χ4n) is 2.88. The number of rotatable bonds is 5. The van der Waals surface area contributed by atoms with Gasteiger partial charge < -0.3 is 10.4 Å². The topological polar surface area (TPSA) is 32.3 Å². The Morgan fingerprint density at radius 1 is 1.25 bits per heavy atom. The van der Waals surface area contributed by atoms with Gasteiger partial charge in [-0.15, -0.1) is 0 Å². The van der Waals surface area contributed by atoms with Gasteiger partial charge in [-0.1, -0.05) is 33.6 Å². The summed E-state index contributed by atoms with van der Waals surface area (Å²) in [7, 11) is 0. The number of hydrogen-bond acceptors (Lipinski definition) is 2. The molecular weight excluding hydrogens is 198 g/mol. The molecule has 0 aromatic carbocycles. The molecule has 0 saturated heterocycles. The monoisotopic (exact) mass is 227 g/mol. The van der Waals surface area contributed by atoms with Gasteiger partial charge in [0.25, 0.3) is 0 Å². The van der Waals surface area contributed by atoms with Gasteiger partial charge in [0.1, 0.15) is 0 Å². The minimum atomic E-state index is 0.258. The molecule has 0 radical (unpaired) electrons. The average Bonchev–Trinajstić information content (AvgIpc) is 2.67. The Balaban J connectivity index is 2.36. The molecule has 1 aliphatic rings. The highest BCUT2D eigenvalue weighted by Crippen LogP contribution is 2.28. The van der Waals surface area contributed by atoms with Gasteiger partial charge in [-0.05, 0) is 37.5 Å². The summed E-state index contributed by atoms with van der Waals surface area (Å²) < 4.78 is 0. The molecule has 2 heteroatoms. The molecule has 2 unspecified atom stereocenters. The molecule has 2 atom stereocenters. The first kappa shape index (κ1) is 14.0. The van der Waals surface area contributed by atoms with Crippen LogP contribution in [0.5, 0.6) is 0 Å². The van der Waals surface area contributed by atoms with Crippen molar-refractivity contribution < 1.29 is 5.11 Å². The van der Waals surface area contributed by atoms with E-state index in [1.165, 1.54) is 25.7 Å². The van der Waals surface area contributed by atoms with E-state index < -0.39 is 0 Å². The van der Waals surface area contributed by atoms with Crippen LogP contribution < -0.4 is 5.32 Å². The van der Waals surface area contributed by atoms with Crippen LogP contribution in [0.15, 0.2) is 0 Å². The number of nitrogens with one attached hydrogen (secondary N) is 1. The maximum absolute atomic E-state index is 9.42. The van der Waals surface area contributed by atoms with Crippen molar-refractivity contribution in [3.63, 3.8) is 0 Å². The van der Waals surface area contributed by atoms with Gasteiger partial charge in [0.05, 0.1) is 6.61 Å². The van der Waals surface area contributed by atoms with E-state index in [0.29, 0.717) is 6.04 Å². The quantitative estimate of drug-likeness (QED) is 0.757. The summed E-state index contributed by atoms with van der Waals surface area (Å²) in [4.78, 5) is 0. The smallest absolute Gasteiger partial charge is 0.0584 e. The van der Waals surface area contributed by atoms with Crippen LogP contribution in [0.3, 0.4) is 0 Å². The molecule has 1 saturated carbocycles. The lowest BCUT2D eigenvalue weighted by Crippen LogP contribution is -2.44. The van der Waals surface area contributed by atoms with Crippen molar-refractivity contribution in [1.82, 2.24) is 5.32 Å². The molecule has 0 spiro atoms. The lowest BCUT2D eigenvalue weighted by atomic mass is 9.87. The zero-order chi connectivity index (χ0) is 12.2. The van der Waals surface area contributed by atoms with Gasteiger partial charge in [-0.25, -0.2) is 0 Å². The summed E-state index contributed by atoms with van der Waals surface area (Å²) in [5.74, 6) is 0.828. The molecule has 0 aromatic rings. The molecule has 16 heavy (non-hydrogen) atoms. The molecule has 1 rings (SSSR count). The highest BCUT2D eigenvalue weighted by atomic mass is 16.3. The Labute approximate surface area is 101 Å². The molecule has 2 N–H and O–H groups in total. The van der Waals surface area contributed by atoms with E-state index in [9.17, 15) is 5.11 Å². The van der Waals surface area contributed by atoms with E-state index in [-0.39, 0.29) is 18.1 Å². The fourth-order valence-corrected chi connectivity index (χ4v) is 2.88. The maximum atomic E-state index is 9.42. The molecule has 0 aliphatic heterocycles. The van der Waals surface area contributed by atoms with Crippen molar-refractivity contribution in [2.24, 2.45) is 11.3 Å². The molecule has 0 amide bonds. The van der Waals surface area contributed by atoms with E-state index in [2.05, 4.69) is 33.0 Å². The van der Waals surface area contributed by atoms with Gasteiger partial charge in [0.15, 0.2) is 0 Å². The molecule has 2 nitrogen and oxygen atoms in total. The van der Waals surface area contributed by atoms with E-state index in [1.54, 1.807) is 0 Å². The molecule has 96 valence electrons. The van der Waals surface area contributed by atoms with Gasteiger partial charge in [0, 0.05) is 12.1 Å². The summed E-state index contributed by atoms with van der Waals surface area (Å²) in [5.41, 5.74) is 0.287. The Morgan fingerprint density at radius 2 is 1.81 bits per heavy atom. The SMILES string of the molecule is CC(NC(CO)CC(C)(C)C)C1CCCC1. The lowest BCUT2D eigenvalue weighted by Gasteiger charge is -2.30. The van der Waals surface area contributed by atoms with Crippen molar-refractivity contribution in [3.05, 3.63) is 0 Å². The predicted octanol–water partition coefficient (Wildman–Crippen LogP) is 2.95. The van der Waals surface area contributed by atoms with Crippen molar-refractivity contribution in [1.29, 1.82) is 0 Å². The van der Waals surface area contributed by atoms with Crippen molar-refractivity contribution in [3.8, 4) is 0 Å². The van der Waals surface area contributed by atoms with Crippen molar-refractivity contribution in [2.45, 2.75) is 71.9 Å². The minimum absolute atomic E-state index is 0.258. The summed E-state index contributed by atoms with van der Waals surface area (Å²) >= 11 is 0. The number of aliphatic hydroxyl groups is 1. The van der Waals surface area contributed by atoms with E-state index in [0.717, 1.165) is 12.3 Å². The van der Waals surface area contributed by atoms with Crippen molar-refractivity contribution in [2.75, 3.05) is 6.61 Å². The zero-order valence-corrected chi connectivity index (χ0v) is 11.4. The van der Waals surface area contributed by atoms with Crippen LogP contribution in [-0.2, 0) is 0 Å². The largest absolute Gasteiger partial charge is 0.395 e. The average molecular weight is 227 g/mol. The van der Waals surface area contributed by atoms with Crippen LogP contribution >= 0.6 is 0 Å². The summed E-state index contributed by atoms with van der Waals surface area (Å²) in [6.07, 6.45) is 6.55. The van der Waals surface area contributed by atoms with Gasteiger partial charge in [-0.2, -0.15) is 0 Å². The van der Waals surface area contributed by atoms with Crippen LogP contribution in [-0.4, -0.2) is 23.8 Å². The normalized spacial score (nSPS) is 22.3. The molecule has 0 heterocycles. The number of aliphatic hydroxyl groups excluding tert-OH is 1. The number of hydrogen-bond donors (Lipinski definition) is 2. The molecule has 1 aliphatic carbocycles. The molecular formula is C14H29NO. The summed E-state index contributed by atoms with van der Waals surface area (Å²) in [6.45, 7) is 9.24.